The van der Waals surface area contributed by atoms with Gasteiger partial charge in [-0.3, -0.25) is 0 Å². The highest BCUT2D eigenvalue weighted by Crippen LogP contribution is 2.26. The first-order valence-electron chi connectivity index (χ1n) is 5.94. The lowest BCUT2D eigenvalue weighted by molar-refractivity contribution is 0.168. The molecule has 0 aliphatic rings. The van der Waals surface area contributed by atoms with Gasteiger partial charge in [-0.05, 0) is 30.5 Å². The van der Waals surface area contributed by atoms with Crippen LogP contribution in [-0.2, 0) is 6.42 Å². The van der Waals surface area contributed by atoms with Crippen molar-refractivity contribution in [2.75, 3.05) is 5.73 Å². The lowest BCUT2D eigenvalue weighted by Gasteiger charge is -2.13. The van der Waals surface area contributed by atoms with Crippen molar-refractivity contribution in [3.05, 3.63) is 64.7 Å². The van der Waals surface area contributed by atoms with E-state index in [-0.39, 0.29) is 0 Å². The maximum atomic E-state index is 10.1. The van der Waals surface area contributed by atoms with Crippen LogP contribution in [0, 0.1) is 0 Å². The molecular weight excluding hydrogens is 246 g/mol. The van der Waals surface area contributed by atoms with E-state index < -0.39 is 6.10 Å². The van der Waals surface area contributed by atoms with E-state index in [0.29, 0.717) is 17.1 Å². The number of hydrogen-bond acceptors (Lipinski definition) is 2. The zero-order chi connectivity index (χ0) is 13.0. The second-order valence-corrected chi connectivity index (χ2v) is 4.75. The van der Waals surface area contributed by atoms with Crippen LogP contribution in [0.5, 0.6) is 0 Å². The largest absolute Gasteiger partial charge is 0.398 e. The minimum absolute atomic E-state index is 0.545. The van der Waals surface area contributed by atoms with Gasteiger partial charge in [0.05, 0.1) is 6.10 Å². The molecule has 0 amide bonds. The molecule has 3 N–H and O–H groups in total. The second kappa shape index (κ2) is 5.89. The van der Waals surface area contributed by atoms with Crippen molar-refractivity contribution in [2.45, 2.75) is 18.9 Å². The molecule has 0 saturated heterocycles. The van der Waals surface area contributed by atoms with Crippen LogP contribution in [0.3, 0.4) is 0 Å². The second-order valence-electron chi connectivity index (χ2n) is 4.31. The Hall–Kier alpha value is -1.51. The Labute approximate surface area is 112 Å². The summed E-state index contributed by atoms with van der Waals surface area (Å²) < 4.78 is 0. The first-order chi connectivity index (χ1) is 8.66. The van der Waals surface area contributed by atoms with Gasteiger partial charge >= 0.3 is 0 Å². The normalized spacial score (nSPS) is 12.3. The van der Waals surface area contributed by atoms with E-state index in [4.69, 9.17) is 17.3 Å². The van der Waals surface area contributed by atoms with Crippen LogP contribution in [0.25, 0.3) is 0 Å². The van der Waals surface area contributed by atoms with Gasteiger partial charge in [-0.2, -0.15) is 0 Å². The van der Waals surface area contributed by atoms with E-state index in [1.165, 1.54) is 5.56 Å². The van der Waals surface area contributed by atoms with E-state index in [0.717, 1.165) is 12.0 Å². The van der Waals surface area contributed by atoms with Gasteiger partial charge in [-0.15, -0.1) is 0 Å². The molecule has 3 heteroatoms. The Morgan fingerprint density at radius 1 is 1.11 bits per heavy atom. The third-order valence-corrected chi connectivity index (χ3v) is 3.19. The first kappa shape index (κ1) is 12.9. The van der Waals surface area contributed by atoms with Crippen molar-refractivity contribution < 1.29 is 5.11 Å². The van der Waals surface area contributed by atoms with Gasteiger partial charge < -0.3 is 10.8 Å². The van der Waals surface area contributed by atoms with Gasteiger partial charge in [0, 0.05) is 16.3 Å². The summed E-state index contributed by atoms with van der Waals surface area (Å²) in [6.45, 7) is 0. The van der Waals surface area contributed by atoms with Crippen LogP contribution in [0.2, 0.25) is 5.02 Å². The summed E-state index contributed by atoms with van der Waals surface area (Å²) in [6, 6.07) is 15.3. The summed E-state index contributed by atoms with van der Waals surface area (Å²) in [7, 11) is 0. The third-order valence-electron chi connectivity index (χ3n) is 2.96. The number of nitrogen functional groups attached to an aromatic ring is 1. The average Bonchev–Trinajstić information content (AvgIpc) is 2.37. The molecule has 94 valence electrons. The predicted molar refractivity (Wildman–Crippen MR) is 75.6 cm³/mol. The summed E-state index contributed by atoms with van der Waals surface area (Å²) in [5, 5.41) is 10.7. The highest BCUT2D eigenvalue weighted by molar-refractivity contribution is 6.30. The molecule has 0 fully saturated rings. The van der Waals surface area contributed by atoms with Gasteiger partial charge in [0.25, 0.3) is 0 Å². The molecule has 2 rings (SSSR count). The summed E-state index contributed by atoms with van der Waals surface area (Å²) in [4.78, 5) is 0. The molecule has 2 nitrogen and oxygen atoms in total. The van der Waals surface area contributed by atoms with Crippen molar-refractivity contribution in [3.63, 3.8) is 0 Å². The van der Waals surface area contributed by atoms with Gasteiger partial charge in [-0.1, -0.05) is 48.0 Å². The molecule has 1 unspecified atom stereocenters. The molecule has 0 bridgehead atoms. The molecule has 2 aromatic carbocycles. The number of nitrogens with two attached hydrogens (primary N) is 1. The molecule has 0 aliphatic heterocycles. The molecule has 1 atom stereocenters. The monoisotopic (exact) mass is 261 g/mol. The predicted octanol–water partition coefficient (Wildman–Crippen LogP) is 3.59. The maximum Gasteiger partial charge on any atom is 0.0813 e. The van der Waals surface area contributed by atoms with E-state index in [1.807, 2.05) is 18.2 Å². The zero-order valence-electron chi connectivity index (χ0n) is 10.0. The lowest BCUT2D eigenvalue weighted by atomic mass is 10.0. The molecule has 18 heavy (non-hydrogen) atoms. The quantitative estimate of drug-likeness (QED) is 0.827. The molecule has 0 aromatic heterocycles. The maximum absolute atomic E-state index is 10.1. The Morgan fingerprint density at radius 2 is 1.83 bits per heavy atom. The average molecular weight is 262 g/mol. The molecule has 0 spiro atoms. The Kier molecular flexibility index (Phi) is 4.24. The van der Waals surface area contributed by atoms with Gasteiger partial charge in [-0.25, -0.2) is 0 Å². The fourth-order valence-corrected chi connectivity index (χ4v) is 2.13. The van der Waals surface area contributed by atoms with E-state index >= 15 is 0 Å². The van der Waals surface area contributed by atoms with Crippen LogP contribution in [0.1, 0.15) is 23.7 Å². The molecule has 0 aliphatic carbocycles. The summed E-state index contributed by atoms with van der Waals surface area (Å²) in [6.07, 6.45) is 0.919. The molecule has 2 aromatic rings. The Bertz CT molecular complexity index is 513. The van der Waals surface area contributed by atoms with Crippen molar-refractivity contribution in [1.82, 2.24) is 0 Å². The smallest absolute Gasteiger partial charge is 0.0813 e. The first-order valence-corrected chi connectivity index (χ1v) is 6.31. The topological polar surface area (TPSA) is 46.2 Å². The summed E-state index contributed by atoms with van der Waals surface area (Å²) in [5.41, 5.74) is 8.35. The van der Waals surface area contributed by atoms with Crippen LogP contribution in [0.4, 0.5) is 5.69 Å². The van der Waals surface area contributed by atoms with Crippen LogP contribution < -0.4 is 5.73 Å². The van der Waals surface area contributed by atoms with Crippen LogP contribution in [0.15, 0.2) is 48.5 Å². The standard InChI is InChI=1S/C15H16ClNO/c16-12-7-8-13(14(17)10-12)15(18)9-6-11-4-2-1-3-5-11/h1-5,7-8,10,15,18H,6,9,17H2. The summed E-state index contributed by atoms with van der Waals surface area (Å²) >= 11 is 5.83. The van der Waals surface area contributed by atoms with Gasteiger partial charge in [0.15, 0.2) is 0 Å². The number of hydrogen-bond donors (Lipinski definition) is 2. The van der Waals surface area contributed by atoms with Crippen molar-refractivity contribution in [3.8, 4) is 0 Å². The van der Waals surface area contributed by atoms with Gasteiger partial charge in [0.2, 0.25) is 0 Å². The Balaban J connectivity index is 2.01. The highest BCUT2D eigenvalue weighted by atomic mass is 35.5. The summed E-state index contributed by atoms with van der Waals surface area (Å²) in [5.74, 6) is 0. The lowest BCUT2D eigenvalue weighted by Crippen LogP contribution is -2.03. The third kappa shape index (κ3) is 3.25. The van der Waals surface area contributed by atoms with Gasteiger partial charge in [0.1, 0.15) is 0 Å². The number of rotatable bonds is 4. The SMILES string of the molecule is Nc1cc(Cl)ccc1C(O)CCc1ccccc1. The number of anilines is 1. The minimum atomic E-state index is -0.553. The molecular formula is C15H16ClNO. The minimum Gasteiger partial charge on any atom is -0.398 e. The fourth-order valence-electron chi connectivity index (χ4n) is 1.95. The number of aryl methyl sites for hydroxylation is 1. The fraction of sp³-hybridized carbons (Fsp3) is 0.200. The number of aliphatic hydroxyl groups excluding tert-OH is 1. The molecule has 0 saturated carbocycles. The highest BCUT2D eigenvalue weighted by Gasteiger charge is 2.11. The van der Waals surface area contributed by atoms with Crippen LogP contribution in [-0.4, -0.2) is 5.11 Å². The van der Waals surface area contributed by atoms with E-state index in [1.54, 1.807) is 18.2 Å². The molecule has 0 heterocycles. The van der Waals surface area contributed by atoms with Crippen LogP contribution >= 0.6 is 11.6 Å². The van der Waals surface area contributed by atoms with Crippen molar-refractivity contribution in [2.24, 2.45) is 0 Å². The number of benzene rings is 2. The molecule has 0 radical (unpaired) electrons. The zero-order valence-corrected chi connectivity index (χ0v) is 10.8. The number of aliphatic hydroxyl groups is 1. The van der Waals surface area contributed by atoms with Crippen molar-refractivity contribution >= 4 is 17.3 Å². The van der Waals surface area contributed by atoms with E-state index in [9.17, 15) is 5.11 Å². The van der Waals surface area contributed by atoms with Crippen molar-refractivity contribution in [1.29, 1.82) is 0 Å². The Morgan fingerprint density at radius 3 is 2.50 bits per heavy atom. The number of halogens is 1. The van der Waals surface area contributed by atoms with E-state index in [2.05, 4.69) is 12.1 Å².